The van der Waals surface area contributed by atoms with Crippen LogP contribution in [0.2, 0.25) is 5.02 Å². The summed E-state index contributed by atoms with van der Waals surface area (Å²) >= 11 is 6.03. The van der Waals surface area contributed by atoms with E-state index in [-0.39, 0.29) is 5.91 Å². The monoisotopic (exact) mass is 312 g/mol. The smallest absolute Gasteiger partial charge is 0.255 e. The van der Waals surface area contributed by atoms with Gasteiger partial charge in [-0.3, -0.25) is 4.79 Å². The van der Waals surface area contributed by atoms with E-state index in [0.29, 0.717) is 22.8 Å². The maximum Gasteiger partial charge on any atom is 0.255 e. The first kappa shape index (κ1) is 14.3. The van der Waals surface area contributed by atoms with E-state index < -0.39 is 0 Å². The van der Waals surface area contributed by atoms with Crippen LogP contribution in [0.5, 0.6) is 0 Å². The number of nitrogens with one attached hydrogen (secondary N) is 1. The van der Waals surface area contributed by atoms with Gasteiger partial charge in [-0.15, -0.1) is 0 Å². The van der Waals surface area contributed by atoms with Crippen LogP contribution in [-0.2, 0) is 6.54 Å². The zero-order valence-electron chi connectivity index (χ0n) is 11.6. The molecule has 0 unspecified atom stereocenters. The zero-order valence-corrected chi connectivity index (χ0v) is 12.4. The molecule has 0 radical (unpaired) electrons. The highest BCUT2D eigenvalue weighted by molar-refractivity contribution is 6.33. The molecule has 2 aromatic carbocycles. The molecule has 1 amide bonds. The number of hydrogen-bond acceptors (Lipinski definition) is 3. The van der Waals surface area contributed by atoms with Crippen LogP contribution in [0.3, 0.4) is 0 Å². The number of nitrogens with zero attached hydrogens (tertiary/aromatic N) is 3. The summed E-state index contributed by atoms with van der Waals surface area (Å²) in [5.41, 5.74) is 2.21. The quantitative estimate of drug-likeness (QED) is 0.804. The van der Waals surface area contributed by atoms with Crippen molar-refractivity contribution in [3.8, 4) is 0 Å². The van der Waals surface area contributed by atoms with E-state index in [1.807, 2.05) is 24.3 Å². The number of rotatable bonds is 4. The van der Waals surface area contributed by atoms with Crippen LogP contribution in [-0.4, -0.2) is 20.7 Å². The van der Waals surface area contributed by atoms with E-state index in [9.17, 15) is 4.79 Å². The highest BCUT2D eigenvalue weighted by atomic mass is 35.5. The minimum atomic E-state index is -0.194. The summed E-state index contributed by atoms with van der Waals surface area (Å²) in [7, 11) is 0. The van der Waals surface area contributed by atoms with E-state index >= 15 is 0 Å². The molecule has 3 rings (SSSR count). The molecule has 0 aliphatic heterocycles. The van der Waals surface area contributed by atoms with Crippen LogP contribution >= 0.6 is 11.6 Å². The summed E-state index contributed by atoms with van der Waals surface area (Å²) in [6, 6.07) is 14.5. The maximum absolute atomic E-state index is 12.2. The zero-order chi connectivity index (χ0) is 15.4. The predicted molar refractivity (Wildman–Crippen MR) is 85.0 cm³/mol. The molecular weight excluding hydrogens is 300 g/mol. The first-order chi connectivity index (χ1) is 10.7. The molecule has 0 aliphatic rings. The second kappa shape index (κ2) is 6.41. The standard InChI is InChI=1S/C16H13ClN4O/c17-14-3-1-2-4-15(14)20-16(22)13-7-5-12(6-8-13)9-21-11-18-10-19-21/h1-8,10-11H,9H2,(H,20,22). The number of carbonyl (C=O) groups is 1. The van der Waals surface area contributed by atoms with Crippen molar-refractivity contribution in [2.24, 2.45) is 0 Å². The van der Waals surface area contributed by atoms with Crippen molar-refractivity contribution in [1.82, 2.24) is 14.8 Å². The Kier molecular flexibility index (Phi) is 4.16. The molecule has 0 saturated heterocycles. The molecule has 1 heterocycles. The van der Waals surface area contributed by atoms with Crippen molar-refractivity contribution in [3.05, 3.63) is 77.3 Å². The normalized spacial score (nSPS) is 10.4. The van der Waals surface area contributed by atoms with Crippen molar-refractivity contribution >= 4 is 23.2 Å². The van der Waals surface area contributed by atoms with E-state index in [4.69, 9.17) is 11.6 Å². The molecular formula is C16H13ClN4O. The number of benzene rings is 2. The highest BCUT2D eigenvalue weighted by Gasteiger charge is 2.08. The van der Waals surface area contributed by atoms with Gasteiger partial charge in [-0.25, -0.2) is 9.67 Å². The number of halogens is 1. The van der Waals surface area contributed by atoms with Gasteiger partial charge in [0.25, 0.3) is 5.91 Å². The fourth-order valence-corrected chi connectivity index (χ4v) is 2.20. The number of carbonyl (C=O) groups excluding carboxylic acids is 1. The second-order valence-electron chi connectivity index (χ2n) is 4.72. The number of aromatic nitrogens is 3. The van der Waals surface area contributed by atoms with E-state index in [1.54, 1.807) is 35.3 Å². The van der Waals surface area contributed by atoms with Gasteiger partial charge < -0.3 is 5.32 Å². The van der Waals surface area contributed by atoms with Crippen LogP contribution in [0.1, 0.15) is 15.9 Å². The van der Waals surface area contributed by atoms with Crippen molar-refractivity contribution in [2.45, 2.75) is 6.54 Å². The second-order valence-corrected chi connectivity index (χ2v) is 5.13. The molecule has 0 aliphatic carbocycles. The Morgan fingerprint density at radius 3 is 2.59 bits per heavy atom. The molecule has 3 aromatic rings. The van der Waals surface area contributed by atoms with Crippen molar-refractivity contribution < 1.29 is 4.79 Å². The molecule has 0 saturated carbocycles. The molecule has 0 fully saturated rings. The first-order valence-electron chi connectivity index (χ1n) is 6.69. The Labute approximate surface area is 132 Å². The Morgan fingerprint density at radius 1 is 1.14 bits per heavy atom. The molecule has 1 aromatic heterocycles. The van der Waals surface area contributed by atoms with Gasteiger partial charge in [-0.2, -0.15) is 5.10 Å². The molecule has 0 bridgehead atoms. The third-order valence-electron chi connectivity index (χ3n) is 3.15. The lowest BCUT2D eigenvalue weighted by atomic mass is 10.1. The fourth-order valence-electron chi connectivity index (χ4n) is 2.02. The maximum atomic E-state index is 12.2. The lowest BCUT2D eigenvalue weighted by Crippen LogP contribution is -2.12. The molecule has 110 valence electrons. The van der Waals surface area contributed by atoms with Gasteiger partial charge in [0, 0.05) is 5.56 Å². The molecule has 22 heavy (non-hydrogen) atoms. The van der Waals surface area contributed by atoms with Crippen molar-refractivity contribution in [1.29, 1.82) is 0 Å². The number of anilines is 1. The van der Waals surface area contributed by atoms with Gasteiger partial charge in [0.15, 0.2) is 0 Å². The van der Waals surface area contributed by atoms with Crippen LogP contribution in [0, 0.1) is 0 Å². The average Bonchev–Trinajstić information content (AvgIpc) is 3.03. The lowest BCUT2D eigenvalue weighted by Gasteiger charge is -2.07. The van der Waals surface area contributed by atoms with Crippen LogP contribution in [0.15, 0.2) is 61.2 Å². The number of para-hydroxylation sites is 1. The molecule has 1 N–H and O–H groups in total. The largest absolute Gasteiger partial charge is 0.321 e. The van der Waals surface area contributed by atoms with E-state index in [0.717, 1.165) is 5.56 Å². The summed E-state index contributed by atoms with van der Waals surface area (Å²) in [6.45, 7) is 0.617. The number of hydrogen-bond donors (Lipinski definition) is 1. The number of amides is 1. The third kappa shape index (κ3) is 3.32. The average molecular weight is 313 g/mol. The summed E-state index contributed by atoms with van der Waals surface area (Å²) in [4.78, 5) is 16.1. The summed E-state index contributed by atoms with van der Waals surface area (Å²) in [5.74, 6) is -0.194. The van der Waals surface area contributed by atoms with E-state index in [1.165, 1.54) is 6.33 Å². The van der Waals surface area contributed by atoms with Crippen molar-refractivity contribution in [2.75, 3.05) is 5.32 Å². The van der Waals surface area contributed by atoms with Gasteiger partial charge in [0.1, 0.15) is 12.7 Å². The summed E-state index contributed by atoms with van der Waals surface area (Å²) < 4.78 is 1.72. The van der Waals surface area contributed by atoms with Gasteiger partial charge in [-0.05, 0) is 29.8 Å². The van der Waals surface area contributed by atoms with Gasteiger partial charge in [0.05, 0.1) is 17.3 Å². The Hall–Kier alpha value is -2.66. The lowest BCUT2D eigenvalue weighted by molar-refractivity contribution is 0.102. The van der Waals surface area contributed by atoms with Gasteiger partial charge >= 0.3 is 0 Å². The first-order valence-corrected chi connectivity index (χ1v) is 7.07. The Morgan fingerprint density at radius 2 is 1.91 bits per heavy atom. The van der Waals surface area contributed by atoms with Crippen molar-refractivity contribution in [3.63, 3.8) is 0 Å². The Balaban J connectivity index is 1.70. The minimum absolute atomic E-state index is 0.194. The van der Waals surface area contributed by atoms with Crippen LogP contribution in [0.4, 0.5) is 5.69 Å². The van der Waals surface area contributed by atoms with Crippen LogP contribution < -0.4 is 5.32 Å². The SMILES string of the molecule is O=C(Nc1ccccc1Cl)c1ccc(Cn2cncn2)cc1. The molecule has 0 spiro atoms. The summed E-state index contributed by atoms with van der Waals surface area (Å²) in [5, 5.41) is 7.35. The fraction of sp³-hybridized carbons (Fsp3) is 0.0625. The van der Waals surface area contributed by atoms with E-state index in [2.05, 4.69) is 15.4 Å². The van der Waals surface area contributed by atoms with Gasteiger partial charge in [-0.1, -0.05) is 35.9 Å². The highest BCUT2D eigenvalue weighted by Crippen LogP contribution is 2.21. The molecule has 0 atom stereocenters. The third-order valence-corrected chi connectivity index (χ3v) is 3.48. The van der Waals surface area contributed by atoms with Gasteiger partial charge in [0.2, 0.25) is 0 Å². The predicted octanol–water partition coefficient (Wildman–Crippen LogP) is 3.23. The molecule has 6 heteroatoms. The molecule has 5 nitrogen and oxygen atoms in total. The Bertz CT molecular complexity index is 769. The summed E-state index contributed by atoms with van der Waals surface area (Å²) in [6.07, 6.45) is 3.14. The topological polar surface area (TPSA) is 59.8 Å². The van der Waals surface area contributed by atoms with Crippen LogP contribution in [0.25, 0.3) is 0 Å². The minimum Gasteiger partial charge on any atom is -0.321 e.